The van der Waals surface area contributed by atoms with Gasteiger partial charge in [0.15, 0.2) is 0 Å². The van der Waals surface area contributed by atoms with Crippen LogP contribution in [0.3, 0.4) is 0 Å². The molecule has 6 N–H and O–H groups in total. The quantitative estimate of drug-likeness (QED) is 0.128. The largest absolute Gasteiger partial charge is 0.399 e. The van der Waals surface area contributed by atoms with Crippen LogP contribution < -0.4 is 16.8 Å². The second-order valence-corrected chi connectivity index (χ2v) is 12.0. The van der Waals surface area contributed by atoms with Crippen molar-refractivity contribution in [1.29, 1.82) is 0 Å². The molecule has 9 aromatic rings. The zero-order chi connectivity index (χ0) is 35.6. The number of H-pyrrole nitrogens is 1. The average Bonchev–Trinajstić information content (AvgIpc) is 3.90. The number of nitrogen functional groups attached to an aromatic ring is 2. The van der Waals surface area contributed by atoms with E-state index in [1.165, 1.54) is 24.3 Å². The molecule has 0 fully saturated rings. The summed E-state index contributed by atoms with van der Waals surface area (Å²) < 4.78 is 30.3. The molecule has 10 nitrogen and oxygen atoms in total. The van der Waals surface area contributed by atoms with Gasteiger partial charge in [-0.15, -0.1) is 5.10 Å². The van der Waals surface area contributed by atoms with Gasteiger partial charge in [-0.1, -0.05) is 48.5 Å². The second kappa shape index (κ2) is 13.5. The molecule has 0 aliphatic rings. The maximum atomic E-state index is 13.2. The summed E-state index contributed by atoms with van der Waals surface area (Å²) in [7, 11) is 0. The van der Waals surface area contributed by atoms with Crippen LogP contribution in [0, 0.1) is 11.6 Å². The van der Waals surface area contributed by atoms with Crippen molar-refractivity contribution in [3.8, 4) is 44.8 Å². The molecule has 254 valence electrons. The van der Waals surface area contributed by atoms with Crippen molar-refractivity contribution in [2.45, 2.75) is 0 Å². The van der Waals surface area contributed by atoms with Gasteiger partial charge in [0.2, 0.25) is 11.9 Å². The maximum Gasteiger partial charge on any atom is 0.248 e. The first kappa shape index (κ1) is 31.9. The summed E-state index contributed by atoms with van der Waals surface area (Å²) in [6.07, 6.45) is 7.60. The SMILES string of the molecule is Nc1cccc(-c2cnc3cc(-c4ccc(F)cc4)ccn23)c1.Nc1nc(Nc2cccc(-c3cnc4cc(-c5ccc(F)cc5)ccn34)c2)n[nH]1. The number of nitrogens with one attached hydrogen (secondary N) is 2. The normalized spacial score (nSPS) is 11.0. The number of hydrogen-bond donors (Lipinski definition) is 4. The predicted octanol–water partition coefficient (Wildman–Crippen LogP) is 8.64. The van der Waals surface area contributed by atoms with Gasteiger partial charge in [-0.05, 0) is 95.1 Å². The van der Waals surface area contributed by atoms with Gasteiger partial charge in [0, 0.05) is 34.9 Å². The summed E-state index contributed by atoms with van der Waals surface area (Å²) in [5.41, 5.74) is 22.4. The lowest BCUT2D eigenvalue weighted by Crippen LogP contribution is -1.94. The van der Waals surface area contributed by atoms with E-state index in [0.29, 0.717) is 5.95 Å². The van der Waals surface area contributed by atoms with Gasteiger partial charge in [0.05, 0.1) is 23.8 Å². The molecular formula is C40H30F2N10. The van der Waals surface area contributed by atoms with Gasteiger partial charge in [-0.25, -0.2) is 23.8 Å². The fraction of sp³-hybridized carbons (Fsp3) is 0. The third-order valence-electron chi connectivity index (χ3n) is 8.48. The standard InChI is InChI=1S/C21H16FN7.C19H14FN3/c22-16-6-4-13(5-7-16)14-8-9-29-18(12-24-19(29)11-14)15-2-1-3-17(10-15)25-21-26-20(23)27-28-21;20-16-6-4-13(5-7-16)14-8-9-23-18(12-22-19(23)11-14)15-2-1-3-17(21)10-15/h1-12H,(H4,23,25,26,27,28);1-12H,21H2. The number of pyridine rings is 2. The van der Waals surface area contributed by atoms with Gasteiger partial charge in [-0.2, -0.15) is 4.98 Å². The summed E-state index contributed by atoms with van der Waals surface area (Å²) in [5, 5.41) is 9.70. The van der Waals surface area contributed by atoms with Crippen LogP contribution in [0.15, 0.2) is 146 Å². The first-order chi connectivity index (χ1) is 25.4. The second-order valence-electron chi connectivity index (χ2n) is 12.0. The van der Waals surface area contributed by atoms with Crippen molar-refractivity contribution >= 4 is 34.6 Å². The van der Waals surface area contributed by atoms with E-state index in [0.717, 1.165) is 67.4 Å². The zero-order valence-corrected chi connectivity index (χ0v) is 27.5. The molecule has 0 bridgehead atoms. The van der Waals surface area contributed by atoms with Crippen LogP contribution in [0.4, 0.5) is 32.1 Å². The number of rotatable bonds is 6. The number of anilines is 4. The Morgan fingerprint density at radius 2 is 1.10 bits per heavy atom. The van der Waals surface area contributed by atoms with Crippen LogP contribution in [0.2, 0.25) is 0 Å². The Labute approximate surface area is 296 Å². The molecule has 5 aromatic heterocycles. The van der Waals surface area contributed by atoms with E-state index >= 15 is 0 Å². The lowest BCUT2D eigenvalue weighted by atomic mass is 10.1. The third kappa shape index (κ3) is 6.63. The molecule has 0 saturated heterocycles. The van der Waals surface area contributed by atoms with Gasteiger partial charge in [-0.3, -0.25) is 8.80 Å². The molecular weight excluding hydrogens is 659 g/mol. The average molecular weight is 689 g/mol. The smallest absolute Gasteiger partial charge is 0.248 e. The van der Waals surface area contributed by atoms with Crippen LogP contribution in [-0.4, -0.2) is 34.0 Å². The highest BCUT2D eigenvalue weighted by molar-refractivity contribution is 5.74. The molecule has 4 aromatic carbocycles. The highest BCUT2D eigenvalue weighted by atomic mass is 19.1. The first-order valence-electron chi connectivity index (χ1n) is 16.2. The maximum absolute atomic E-state index is 13.2. The topological polar surface area (TPSA) is 140 Å². The van der Waals surface area contributed by atoms with E-state index in [-0.39, 0.29) is 17.6 Å². The predicted molar refractivity (Wildman–Crippen MR) is 201 cm³/mol. The van der Waals surface area contributed by atoms with E-state index in [2.05, 4.69) is 30.5 Å². The lowest BCUT2D eigenvalue weighted by Gasteiger charge is -2.07. The number of hydrogen-bond acceptors (Lipinski definition) is 7. The fourth-order valence-corrected chi connectivity index (χ4v) is 5.95. The molecule has 0 spiro atoms. The number of aromatic amines is 1. The molecule has 52 heavy (non-hydrogen) atoms. The Kier molecular flexibility index (Phi) is 8.29. The summed E-state index contributed by atoms with van der Waals surface area (Å²) >= 11 is 0. The minimum Gasteiger partial charge on any atom is -0.399 e. The highest BCUT2D eigenvalue weighted by Gasteiger charge is 2.10. The van der Waals surface area contributed by atoms with E-state index in [1.54, 1.807) is 24.3 Å². The van der Waals surface area contributed by atoms with E-state index in [1.807, 2.05) is 106 Å². The van der Waals surface area contributed by atoms with Gasteiger partial charge in [0.25, 0.3) is 0 Å². The number of fused-ring (bicyclic) bond motifs is 2. The molecule has 0 unspecified atom stereocenters. The lowest BCUT2D eigenvalue weighted by molar-refractivity contribution is 0.627. The Morgan fingerprint density at radius 1 is 0.558 bits per heavy atom. The summed E-state index contributed by atoms with van der Waals surface area (Å²) in [5.74, 6) is 0.169. The van der Waals surface area contributed by atoms with Gasteiger partial charge < -0.3 is 16.8 Å². The van der Waals surface area contributed by atoms with Crippen LogP contribution in [-0.2, 0) is 0 Å². The Balaban J connectivity index is 0.000000153. The molecule has 0 amide bonds. The molecule has 12 heteroatoms. The molecule has 0 atom stereocenters. The number of halogens is 2. The molecule has 0 aliphatic carbocycles. The molecule has 0 aliphatic heterocycles. The van der Waals surface area contributed by atoms with Crippen molar-refractivity contribution in [2.24, 2.45) is 0 Å². The summed E-state index contributed by atoms with van der Waals surface area (Å²) in [4.78, 5) is 13.1. The highest BCUT2D eigenvalue weighted by Crippen LogP contribution is 2.29. The van der Waals surface area contributed by atoms with Crippen molar-refractivity contribution in [1.82, 2.24) is 34.0 Å². The van der Waals surface area contributed by atoms with Crippen LogP contribution in [0.1, 0.15) is 0 Å². The fourth-order valence-electron chi connectivity index (χ4n) is 5.95. The minimum atomic E-state index is -0.251. The van der Waals surface area contributed by atoms with Gasteiger partial charge in [0.1, 0.15) is 22.9 Å². The molecule has 0 radical (unpaired) electrons. The van der Waals surface area contributed by atoms with Crippen LogP contribution >= 0.6 is 0 Å². The van der Waals surface area contributed by atoms with Crippen LogP contribution in [0.25, 0.3) is 56.1 Å². The molecule has 0 saturated carbocycles. The zero-order valence-electron chi connectivity index (χ0n) is 27.5. The minimum absolute atomic E-state index is 0.236. The summed E-state index contributed by atoms with van der Waals surface area (Å²) in [6.45, 7) is 0. The monoisotopic (exact) mass is 688 g/mol. The Bertz CT molecular complexity index is 2660. The number of benzene rings is 4. The van der Waals surface area contributed by atoms with Gasteiger partial charge >= 0.3 is 0 Å². The van der Waals surface area contributed by atoms with Crippen molar-refractivity contribution in [3.05, 3.63) is 158 Å². The van der Waals surface area contributed by atoms with Crippen LogP contribution in [0.5, 0.6) is 0 Å². The number of aromatic nitrogens is 7. The molecule has 5 heterocycles. The van der Waals surface area contributed by atoms with E-state index in [9.17, 15) is 8.78 Å². The van der Waals surface area contributed by atoms with Crippen molar-refractivity contribution in [2.75, 3.05) is 16.8 Å². The number of nitrogens with two attached hydrogens (primary N) is 2. The number of imidazole rings is 2. The number of nitrogens with zero attached hydrogens (tertiary/aromatic N) is 6. The molecule has 9 rings (SSSR count). The van der Waals surface area contributed by atoms with Crippen molar-refractivity contribution < 1.29 is 8.78 Å². The van der Waals surface area contributed by atoms with Crippen molar-refractivity contribution in [3.63, 3.8) is 0 Å². The summed E-state index contributed by atoms with van der Waals surface area (Å²) in [6, 6.07) is 36.4. The first-order valence-corrected chi connectivity index (χ1v) is 16.2. The van der Waals surface area contributed by atoms with E-state index < -0.39 is 0 Å². The Hall–Kier alpha value is -7.34. The van der Waals surface area contributed by atoms with E-state index in [4.69, 9.17) is 11.5 Å². The third-order valence-corrected chi connectivity index (χ3v) is 8.48. The Morgan fingerprint density at radius 3 is 1.62 bits per heavy atom.